The third-order valence-electron chi connectivity index (χ3n) is 3.63. The van der Waals surface area contributed by atoms with E-state index in [-0.39, 0.29) is 0 Å². The van der Waals surface area contributed by atoms with Crippen molar-refractivity contribution in [2.45, 2.75) is 25.2 Å². The molecule has 0 radical (unpaired) electrons. The predicted molar refractivity (Wildman–Crippen MR) is 84.9 cm³/mol. The number of hydrogen-bond acceptors (Lipinski definition) is 3. The molecule has 100 valence electrons. The standard InChI is InChI=1S/C15H17BrN2S/c1-17-9-10-5-4-8-13-14(10)18-15(19-13)11-6-2-3-7-12(11)16/h2-3,6-7,10,17H,4-5,8-9H2,1H3. The Morgan fingerprint density at radius 1 is 1.42 bits per heavy atom. The second-order valence-electron chi connectivity index (χ2n) is 4.95. The fraction of sp³-hybridized carbons (Fsp3) is 0.400. The molecule has 19 heavy (non-hydrogen) atoms. The fourth-order valence-electron chi connectivity index (χ4n) is 2.70. The van der Waals surface area contributed by atoms with Crippen molar-refractivity contribution >= 4 is 27.3 Å². The van der Waals surface area contributed by atoms with Crippen LogP contribution in [0.5, 0.6) is 0 Å². The molecule has 0 saturated carbocycles. The van der Waals surface area contributed by atoms with E-state index >= 15 is 0 Å². The molecule has 2 nitrogen and oxygen atoms in total. The van der Waals surface area contributed by atoms with Gasteiger partial charge in [0.15, 0.2) is 0 Å². The predicted octanol–water partition coefficient (Wildman–Crippen LogP) is 4.21. The van der Waals surface area contributed by atoms with E-state index in [2.05, 4.69) is 39.4 Å². The van der Waals surface area contributed by atoms with E-state index in [1.165, 1.54) is 35.4 Å². The van der Waals surface area contributed by atoms with Crippen LogP contribution in [-0.4, -0.2) is 18.6 Å². The molecule has 4 heteroatoms. The topological polar surface area (TPSA) is 24.9 Å². The summed E-state index contributed by atoms with van der Waals surface area (Å²) in [5, 5.41) is 4.45. The van der Waals surface area contributed by atoms with Crippen molar-refractivity contribution in [3.63, 3.8) is 0 Å². The van der Waals surface area contributed by atoms with Crippen molar-refractivity contribution in [2.75, 3.05) is 13.6 Å². The summed E-state index contributed by atoms with van der Waals surface area (Å²) in [5.74, 6) is 0.584. The van der Waals surface area contributed by atoms with Gasteiger partial charge in [0.05, 0.1) is 5.69 Å². The molecule has 0 bridgehead atoms. The zero-order chi connectivity index (χ0) is 13.2. The maximum absolute atomic E-state index is 4.93. The lowest BCUT2D eigenvalue weighted by Crippen LogP contribution is -2.20. The second kappa shape index (κ2) is 5.73. The van der Waals surface area contributed by atoms with Gasteiger partial charge in [-0.25, -0.2) is 4.98 Å². The number of aromatic nitrogens is 1. The number of halogens is 1. The number of nitrogens with zero attached hydrogens (tertiary/aromatic N) is 1. The van der Waals surface area contributed by atoms with Crippen molar-refractivity contribution in [2.24, 2.45) is 0 Å². The molecule has 1 unspecified atom stereocenters. The van der Waals surface area contributed by atoms with E-state index in [0.29, 0.717) is 5.92 Å². The summed E-state index contributed by atoms with van der Waals surface area (Å²) < 4.78 is 1.13. The molecular weight excluding hydrogens is 320 g/mol. The van der Waals surface area contributed by atoms with Gasteiger partial charge >= 0.3 is 0 Å². The minimum atomic E-state index is 0.584. The monoisotopic (exact) mass is 336 g/mol. The number of fused-ring (bicyclic) bond motifs is 1. The van der Waals surface area contributed by atoms with Crippen LogP contribution in [-0.2, 0) is 6.42 Å². The molecule has 1 aromatic heterocycles. The van der Waals surface area contributed by atoms with Gasteiger partial charge in [-0.1, -0.05) is 34.1 Å². The molecule has 1 N–H and O–H groups in total. The van der Waals surface area contributed by atoms with Crippen LogP contribution in [0.15, 0.2) is 28.7 Å². The van der Waals surface area contributed by atoms with E-state index in [9.17, 15) is 0 Å². The van der Waals surface area contributed by atoms with Gasteiger partial charge in [0.1, 0.15) is 5.01 Å². The highest BCUT2D eigenvalue weighted by atomic mass is 79.9. The van der Waals surface area contributed by atoms with Crippen LogP contribution in [0.1, 0.15) is 29.3 Å². The van der Waals surface area contributed by atoms with Gasteiger partial charge < -0.3 is 5.32 Å². The molecule has 1 heterocycles. The number of thiazole rings is 1. The highest BCUT2D eigenvalue weighted by Crippen LogP contribution is 2.39. The van der Waals surface area contributed by atoms with E-state index in [1.54, 1.807) is 0 Å². The summed E-state index contributed by atoms with van der Waals surface area (Å²) in [6.45, 7) is 1.03. The second-order valence-corrected chi connectivity index (χ2v) is 6.89. The van der Waals surface area contributed by atoms with Crippen molar-refractivity contribution in [1.82, 2.24) is 10.3 Å². The Kier molecular flexibility index (Phi) is 4.01. The normalized spacial score (nSPS) is 18.3. The summed E-state index contributed by atoms with van der Waals surface area (Å²) >= 11 is 5.49. The zero-order valence-corrected chi connectivity index (χ0v) is 13.4. The average molecular weight is 337 g/mol. The van der Waals surface area contributed by atoms with Gasteiger partial charge in [0.2, 0.25) is 0 Å². The van der Waals surface area contributed by atoms with E-state index in [1.807, 2.05) is 24.5 Å². The lowest BCUT2D eigenvalue weighted by Gasteiger charge is -2.20. The van der Waals surface area contributed by atoms with E-state index < -0.39 is 0 Å². The first-order valence-electron chi connectivity index (χ1n) is 6.68. The fourth-order valence-corrected chi connectivity index (χ4v) is 4.53. The van der Waals surface area contributed by atoms with Crippen LogP contribution in [0.2, 0.25) is 0 Å². The third kappa shape index (κ3) is 2.62. The van der Waals surface area contributed by atoms with Crippen LogP contribution in [0.25, 0.3) is 10.6 Å². The molecule has 0 amide bonds. The largest absolute Gasteiger partial charge is 0.319 e. The van der Waals surface area contributed by atoms with Gasteiger partial charge in [-0.2, -0.15) is 0 Å². The summed E-state index contributed by atoms with van der Waals surface area (Å²) in [7, 11) is 2.02. The van der Waals surface area contributed by atoms with Crippen LogP contribution >= 0.6 is 27.3 Å². The molecule has 0 fully saturated rings. The number of likely N-dealkylation sites (N-methyl/N-ethyl adjacent to an activating group) is 1. The van der Waals surface area contributed by atoms with Gasteiger partial charge in [0, 0.05) is 27.4 Å². The molecule has 1 aliphatic carbocycles. The third-order valence-corrected chi connectivity index (χ3v) is 5.48. The van der Waals surface area contributed by atoms with Crippen molar-refractivity contribution in [3.05, 3.63) is 39.3 Å². The molecule has 2 aromatic rings. The lowest BCUT2D eigenvalue weighted by atomic mass is 9.91. The summed E-state index contributed by atoms with van der Waals surface area (Å²) in [6.07, 6.45) is 3.74. The van der Waals surface area contributed by atoms with Gasteiger partial charge in [-0.05, 0) is 32.4 Å². The maximum atomic E-state index is 4.93. The summed E-state index contributed by atoms with van der Waals surface area (Å²) in [4.78, 5) is 6.41. The van der Waals surface area contributed by atoms with Crippen molar-refractivity contribution < 1.29 is 0 Å². The Labute approximate surface area is 126 Å². The molecule has 0 aliphatic heterocycles. The minimum absolute atomic E-state index is 0.584. The number of aryl methyl sites for hydroxylation is 1. The van der Waals surface area contributed by atoms with Crippen LogP contribution < -0.4 is 5.32 Å². The molecule has 0 spiro atoms. The first kappa shape index (κ1) is 13.3. The summed E-state index contributed by atoms with van der Waals surface area (Å²) in [5.41, 5.74) is 2.54. The highest BCUT2D eigenvalue weighted by molar-refractivity contribution is 9.10. The first-order valence-corrected chi connectivity index (χ1v) is 8.29. The Hall–Kier alpha value is -0.710. The lowest BCUT2D eigenvalue weighted by molar-refractivity contribution is 0.523. The van der Waals surface area contributed by atoms with Crippen molar-refractivity contribution in [1.29, 1.82) is 0 Å². The maximum Gasteiger partial charge on any atom is 0.125 e. The van der Waals surface area contributed by atoms with Gasteiger partial charge in [0.25, 0.3) is 0 Å². The highest BCUT2D eigenvalue weighted by Gasteiger charge is 2.24. The molecule has 1 aromatic carbocycles. The minimum Gasteiger partial charge on any atom is -0.319 e. The molecular formula is C15H17BrN2S. The number of rotatable bonds is 3. The van der Waals surface area contributed by atoms with Crippen LogP contribution in [0, 0.1) is 0 Å². The van der Waals surface area contributed by atoms with Crippen molar-refractivity contribution in [3.8, 4) is 10.6 Å². The number of hydrogen-bond donors (Lipinski definition) is 1. The Bertz CT molecular complexity index is 579. The molecule has 1 aliphatic rings. The zero-order valence-electron chi connectivity index (χ0n) is 10.9. The number of benzene rings is 1. The Morgan fingerprint density at radius 2 is 2.26 bits per heavy atom. The quantitative estimate of drug-likeness (QED) is 0.907. The molecule has 1 atom stereocenters. The Morgan fingerprint density at radius 3 is 3.05 bits per heavy atom. The smallest absolute Gasteiger partial charge is 0.125 e. The van der Waals surface area contributed by atoms with E-state index in [0.717, 1.165) is 16.0 Å². The summed E-state index contributed by atoms with van der Waals surface area (Å²) in [6, 6.07) is 8.35. The molecule has 0 saturated heterocycles. The number of nitrogens with one attached hydrogen (secondary N) is 1. The Balaban J connectivity index is 2.00. The van der Waals surface area contributed by atoms with Gasteiger partial charge in [-0.15, -0.1) is 11.3 Å². The van der Waals surface area contributed by atoms with Crippen LogP contribution in [0.4, 0.5) is 0 Å². The van der Waals surface area contributed by atoms with Gasteiger partial charge in [-0.3, -0.25) is 0 Å². The van der Waals surface area contributed by atoms with E-state index in [4.69, 9.17) is 4.98 Å². The average Bonchev–Trinajstić information content (AvgIpc) is 2.84. The SMILES string of the molecule is CNCC1CCCc2sc(-c3ccccc3Br)nc21. The first-order chi connectivity index (χ1) is 9.29. The molecule has 3 rings (SSSR count). The van der Waals surface area contributed by atoms with Crippen LogP contribution in [0.3, 0.4) is 0 Å².